The Morgan fingerprint density at radius 1 is 1.53 bits per heavy atom. The third-order valence-electron chi connectivity index (χ3n) is 2.75. The molecule has 0 aliphatic heterocycles. The van der Waals surface area contributed by atoms with Crippen molar-refractivity contribution in [2.45, 2.75) is 19.9 Å². The number of aliphatic carboxylic acids is 1. The summed E-state index contributed by atoms with van der Waals surface area (Å²) in [6.07, 6.45) is 0. The minimum absolute atomic E-state index is 0.578. The molecule has 1 atom stereocenters. The van der Waals surface area contributed by atoms with Crippen LogP contribution in [0.25, 0.3) is 0 Å². The summed E-state index contributed by atoms with van der Waals surface area (Å²) in [7, 11) is 0. The average molecular weight is 256 g/mol. The maximum Gasteiger partial charge on any atom is 0.326 e. The molecule has 0 spiro atoms. The van der Waals surface area contributed by atoms with Crippen LogP contribution in [0, 0.1) is 0 Å². The predicted molar refractivity (Wildman–Crippen MR) is 70.5 cm³/mol. The van der Waals surface area contributed by atoms with Gasteiger partial charge in [0.2, 0.25) is 0 Å². The van der Waals surface area contributed by atoms with Gasteiger partial charge >= 0.3 is 5.97 Å². The van der Waals surface area contributed by atoms with Crippen LogP contribution in [0.4, 0.5) is 0 Å². The summed E-state index contributed by atoms with van der Waals surface area (Å²) in [4.78, 5) is 14.3. The Hall–Kier alpha value is -0.910. The molecular weight excluding hydrogens is 236 g/mol. The van der Waals surface area contributed by atoms with Crippen molar-refractivity contribution in [3.63, 3.8) is 0 Å². The van der Waals surface area contributed by atoms with Gasteiger partial charge in [0.15, 0.2) is 0 Å². The second kappa shape index (κ2) is 7.42. The number of likely N-dealkylation sites (N-methyl/N-ethyl adjacent to an activating group) is 1. The topological polar surface area (TPSA) is 52.6 Å². The van der Waals surface area contributed by atoms with Crippen LogP contribution in [-0.2, 0) is 4.79 Å². The highest BCUT2D eigenvalue weighted by Crippen LogP contribution is 2.18. The molecule has 17 heavy (non-hydrogen) atoms. The van der Waals surface area contributed by atoms with Crippen molar-refractivity contribution >= 4 is 17.3 Å². The van der Waals surface area contributed by atoms with Gasteiger partial charge in [-0.1, -0.05) is 19.9 Å². The second-order valence-electron chi connectivity index (χ2n) is 3.77. The third kappa shape index (κ3) is 4.46. The molecule has 0 aromatic carbocycles. The Morgan fingerprint density at radius 3 is 2.71 bits per heavy atom. The van der Waals surface area contributed by atoms with Gasteiger partial charge in [-0.25, -0.2) is 0 Å². The molecule has 0 aliphatic carbocycles. The smallest absolute Gasteiger partial charge is 0.326 e. The molecule has 0 aliphatic rings. The van der Waals surface area contributed by atoms with Gasteiger partial charge in [-0.05, 0) is 24.5 Å². The van der Waals surface area contributed by atoms with Crippen LogP contribution in [0.2, 0.25) is 0 Å². The van der Waals surface area contributed by atoms with E-state index in [0.29, 0.717) is 6.54 Å². The van der Waals surface area contributed by atoms with Crippen molar-refractivity contribution < 1.29 is 9.90 Å². The number of rotatable bonds is 8. The molecule has 0 radical (unpaired) electrons. The summed E-state index contributed by atoms with van der Waals surface area (Å²) >= 11 is 1.47. The fourth-order valence-electron chi connectivity index (χ4n) is 1.67. The van der Waals surface area contributed by atoms with E-state index in [1.165, 1.54) is 11.3 Å². The van der Waals surface area contributed by atoms with Crippen molar-refractivity contribution in [3.05, 3.63) is 22.4 Å². The van der Waals surface area contributed by atoms with Crippen molar-refractivity contribution in [3.8, 4) is 0 Å². The first kappa shape index (κ1) is 14.2. The van der Waals surface area contributed by atoms with Crippen LogP contribution >= 0.6 is 11.3 Å². The van der Waals surface area contributed by atoms with Gasteiger partial charge in [-0.3, -0.25) is 10.1 Å². The summed E-state index contributed by atoms with van der Waals surface area (Å²) in [5, 5.41) is 14.1. The Morgan fingerprint density at radius 2 is 2.24 bits per heavy atom. The van der Waals surface area contributed by atoms with E-state index in [1.807, 2.05) is 17.5 Å². The number of nitrogens with one attached hydrogen (secondary N) is 1. The molecule has 1 unspecified atom stereocenters. The Labute approximate surface area is 106 Å². The largest absolute Gasteiger partial charge is 0.480 e. The highest BCUT2D eigenvalue weighted by Gasteiger charge is 2.19. The van der Waals surface area contributed by atoms with E-state index in [2.05, 4.69) is 24.1 Å². The molecule has 4 nitrogen and oxygen atoms in total. The molecule has 5 heteroatoms. The highest BCUT2D eigenvalue weighted by atomic mass is 32.1. The van der Waals surface area contributed by atoms with E-state index in [1.54, 1.807) is 0 Å². The van der Waals surface area contributed by atoms with Crippen molar-refractivity contribution in [2.75, 3.05) is 26.2 Å². The lowest BCUT2D eigenvalue weighted by Gasteiger charge is -2.20. The van der Waals surface area contributed by atoms with Crippen LogP contribution in [0.5, 0.6) is 0 Å². The van der Waals surface area contributed by atoms with E-state index in [0.717, 1.165) is 24.5 Å². The monoisotopic (exact) mass is 256 g/mol. The normalized spacial score (nSPS) is 12.9. The first-order valence-electron chi connectivity index (χ1n) is 5.91. The fraction of sp³-hybridized carbons (Fsp3) is 0.583. The SMILES string of the molecule is CCN(CC)CCNC(C(=O)O)c1cccs1. The van der Waals surface area contributed by atoms with Gasteiger partial charge < -0.3 is 10.0 Å². The molecule has 1 rings (SSSR count). The molecule has 2 N–H and O–H groups in total. The summed E-state index contributed by atoms with van der Waals surface area (Å²) in [5.74, 6) is -0.813. The van der Waals surface area contributed by atoms with E-state index >= 15 is 0 Å². The summed E-state index contributed by atoms with van der Waals surface area (Å²) in [5.41, 5.74) is 0. The maximum absolute atomic E-state index is 11.1. The maximum atomic E-state index is 11.1. The lowest BCUT2D eigenvalue weighted by molar-refractivity contribution is -0.139. The standard InChI is InChI=1S/C12H20N2O2S/c1-3-14(4-2)8-7-13-11(12(15)16)10-6-5-9-17-10/h5-6,9,11,13H,3-4,7-8H2,1-2H3,(H,15,16). The zero-order chi connectivity index (χ0) is 12.7. The van der Waals surface area contributed by atoms with Crippen molar-refractivity contribution in [1.29, 1.82) is 0 Å². The van der Waals surface area contributed by atoms with Gasteiger partial charge in [0.1, 0.15) is 6.04 Å². The number of hydrogen-bond donors (Lipinski definition) is 2. The lowest BCUT2D eigenvalue weighted by Crippen LogP contribution is -2.36. The van der Waals surface area contributed by atoms with Gasteiger partial charge in [-0.2, -0.15) is 0 Å². The zero-order valence-electron chi connectivity index (χ0n) is 10.3. The van der Waals surface area contributed by atoms with E-state index in [-0.39, 0.29) is 0 Å². The molecule has 0 saturated carbocycles. The minimum atomic E-state index is -0.813. The quantitative estimate of drug-likeness (QED) is 0.745. The summed E-state index contributed by atoms with van der Waals surface area (Å²) in [6, 6.07) is 3.15. The fourth-order valence-corrected chi connectivity index (χ4v) is 2.46. The molecule has 1 aromatic rings. The average Bonchev–Trinajstić information content (AvgIpc) is 2.82. The molecule has 0 bridgehead atoms. The first-order valence-corrected chi connectivity index (χ1v) is 6.79. The molecule has 1 aromatic heterocycles. The highest BCUT2D eigenvalue weighted by molar-refractivity contribution is 7.10. The lowest BCUT2D eigenvalue weighted by atomic mass is 10.2. The van der Waals surface area contributed by atoms with E-state index in [4.69, 9.17) is 5.11 Å². The molecule has 0 amide bonds. The third-order valence-corrected chi connectivity index (χ3v) is 3.68. The van der Waals surface area contributed by atoms with E-state index < -0.39 is 12.0 Å². The zero-order valence-corrected chi connectivity index (χ0v) is 11.2. The van der Waals surface area contributed by atoms with Crippen LogP contribution < -0.4 is 5.32 Å². The van der Waals surface area contributed by atoms with Gasteiger partial charge in [0.25, 0.3) is 0 Å². The number of hydrogen-bond acceptors (Lipinski definition) is 4. The molecule has 96 valence electrons. The van der Waals surface area contributed by atoms with Crippen LogP contribution in [0.3, 0.4) is 0 Å². The van der Waals surface area contributed by atoms with Gasteiger partial charge in [0.05, 0.1) is 0 Å². The predicted octanol–water partition coefficient (Wildman–Crippen LogP) is 1.81. The van der Waals surface area contributed by atoms with Crippen LogP contribution in [-0.4, -0.2) is 42.2 Å². The van der Waals surface area contributed by atoms with Crippen molar-refractivity contribution in [2.24, 2.45) is 0 Å². The molecule has 0 saturated heterocycles. The molecular formula is C12H20N2O2S. The van der Waals surface area contributed by atoms with Crippen molar-refractivity contribution in [1.82, 2.24) is 10.2 Å². The van der Waals surface area contributed by atoms with Crippen LogP contribution in [0.1, 0.15) is 24.8 Å². The number of carbonyl (C=O) groups is 1. The number of carboxylic acid groups (broad SMARTS) is 1. The Bertz CT molecular complexity index is 323. The second-order valence-corrected chi connectivity index (χ2v) is 4.75. The number of nitrogens with zero attached hydrogens (tertiary/aromatic N) is 1. The van der Waals surface area contributed by atoms with E-state index in [9.17, 15) is 4.79 Å². The number of carboxylic acids is 1. The number of thiophene rings is 1. The Balaban J connectivity index is 2.44. The first-order chi connectivity index (χ1) is 8.19. The van der Waals surface area contributed by atoms with Gasteiger partial charge in [-0.15, -0.1) is 11.3 Å². The Kier molecular flexibility index (Phi) is 6.18. The van der Waals surface area contributed by atoms with Gasteiger partial charge in [0, 0.05) is 18.0 Å². The molecule has 1 heterocycles. The minimum Gasteiger partial charge on any atom is -0.480 e. The molecule has 0 fully saturated rings. The summed E-state index contributed by atoms with van der Waals surface area (Å²) in [6.45, 7) is 7.78. The van der Waals surface area contributed by atoms with Crippen LogP contribution in [0.15, 0.2) is 17.5 Å². The summed E-state index contributed by atoms with van der Waals surface area (Å²) < 4.78 is 0.